The van der Waals surface area contributed by atoms with Crippen LogP contribution in [-0.2, 0) is 19.5 Å². The molecule has 1 N–H and O–H groups in total. The molecule has 0 bridgehead atoms. The van der Waals surface area contributed by atoms with Gasteiger partial charge in [0.2, 0.25) is 0 Å². The van der Waals surface area contributed by atoms with E-state index in [1.54, 1.807) is 19.5 Å². The van der Waals surface area contributed by atoms with E-state index in [1.807, 2.05) is 31.2 Å². The molecule has 150 valence electrons. The summed E-state index contributed by atoms with van der Waals surface area (Å²) in [5, 5.41) is 0. The lowest BCUT2D eigenvalue weighted by molar-refractivity contribution is 0.240. The molecule has 2 aromatic heterocycles. The first-order valence-electron chi connectivity index (χ1n) is 9.72. The topological polar surface area (TPSA) is 80.3 Å². The van der Waals surface area contributed by atoms with Crippen LogP contribution in [0.3, 0.4) is 0 Å². The molecule has 0 unspecified atom stereocenters. The largest absolute Gasteiger partial charge is 0.493 e. The second-order valence-electron chi connectivity index (χ2n) is 6.96. The first-order chi connectivity index (χ1) is 14.2. The SMILES string of the molecule is CCOc1ccc(CN2CCc3c(nc(-c4cccnc4)[nH]c3=O)C2)cc1OC. The Morgan fingerprint density at radius 3 is 2.90 bits per heavy atom. The molecule has 1 aromatic carbocycles. The highest BCUT2D eigenvalue weighted by Crippen LogP contribution is 2.29. The lowest BCUT2D eigenvalue weighted by Crippen LogP contribution is -2.35. The fourth-order valence-corrected chi connectivity index (χ4v) is 3.61. The van der Waals surface area contributed by atoms with Gasteiger partial charge in [-0.25, -0.2) is 4.98 Å². The number of H-pyrrole nitrogens is 1. The van der Waals surface area contributed by atoms with Gasteiger partial charge in [0.05, 0.1) is 19.4 Å². The van der Waals surface area contributed by atoms with E-state index < -0.39 is 0 Å². The summed E-state index contributed by atoms with van der Waals surface area (Å²) in [5.41, 5.74) is 3.48. The Balaban J connectivity index is 1.55. The number of aromatic amines is 1. The summed E-state index contributed by atoms with van der Waals surface area (Å²) in [6.07, 6.45) is 4.09. The number of nitrogens with zero attached hydrogens (tertiary/aromatic N) is 3. The van der Waals surface area contributed by atoms with Crippen LogP contribution in [0.1, 0.15) is 23.7 Å². The number of nitrogens with one attached hydrogen (secondary N) is 1. The van der Waals surface area contributed by atoms with E-state index >= 15 is 0 Å². The molecular formula is C22H24N4O3. The highest BCUT2D eigenvalue weighted by atomic mass is 16.5. The zero-order valence-electron chi connectivity index (χ0n) is 16.6. The minimum absolute atomic E-state index is 0.0590. The molecule has 7 heteroatoms. The molecule has 3 heterocycles. The summed E-state index contributed by atoms with van der Waals surface area (Å²) in [4.78, 5) is 26.6. The Morgan fingerprint density at radius 1 is 1.24 bits per heavy atom. The van der Waals surface area contributed by atoms with Crippen molar-refractivity contribution in [1.82, 2.24) is 19.9 Å². The summed E-state index contributed by atoms with van der Waals surface area (Å²) in [6, 6.07) is 9.73. The summed E-state index contributed by atoms with van der Waals surface area (Å²) >= 11 is 0. The number of ether oxygens (including phenoxy) is 2. The van der Waals surface area contributed by atoms with E-state index in [4.69, 9.17) is 14.5 Å². The van der Waals surface area contributed by atoms with Crippen LogP contribution in [0.2, 0.25) is 0 Å². The van der Waals surface area contributed by atoms with Gasteiger partial charge in [-0.2, -0.15) is 0 Å². The summed E-state index contributed by atoms with van der Waals surface area (Å²) in [5.74, 6) is 2.04. The number of methoxy groups -OCH3 is 1. The number of aromatic nitrogens is 3. The van der Waals surface area contributed by atoms with E-state index in [0.717, 1.165) is 47.0 Å². The minimum Gasteiger partial charge on any atom is -0.493 e. The maximum absolute atomic E-state index is 12.5. The molecular weight excluding hydrogens is 368 g/mol. The minimum atomic E-state index is -0.0590. The molecule has 0 spiro atoms. The smallest absolute Gasteiger partial charge is 0.254 e. The zero-order valence-corrected chi connectivity index (χ0v) is 16.6. The van der Waals surface area contributed by atoms with Crippen molar-refractivity contribution in [2.45, 2.75) is 26.4 Å². The zero-order chi connectivity index (χ0) is 20.2. The van der Waals surface area contributed by atoms with Gasteiger partial charge in [0.15, 0.2) is 11.5 Å². The Labute approximate surface area is 169 Å². The van der Waals surface area contributed by atoms with Crippen LogP contribution in [-0.4, -0.2) is 40.1 Å². The number of hydrogen-bond donors (Lipinski definition) is 1. The lowest BCUT2D eigenvalue weighted by Gasteiger charge is -2.28. The molecule has 0 radical (unpaired) electrons. The standard InChI is InChI=1S/C22H24N4O3/c1-3-29-19-7-6-15(11-20(19)28-2)13-26-10-8-17-18(14-26)24-21(25-22(17)27)16-5-4-9-23-12-16/h4-7,9,11-12H,3,8,10,13-14H2,1-2H3,(H,24,25,27). The normalized spacial score (nSPS) is 13.7. The fourth-order valence-electron chi connectivity index (χ4n) is 3.61. The first-order valence-corrected chi connectivity index (χ1v) is 9.72. The third kappa shape index (κ3) is 4.14. The molecule has 0 atom stereocenters. The maximum Gasteiger partial charge on any atom is 0.254 e. The molecule has 1 aliphatic rings. The van der Waals surface area contributed by atoms with Gasteiger partial charge in [0.25, 0.3) is 5.56 Å². The summed E-state index contributed by atoms with van der Waals surface area (Å²) < 4.78 is 11.1. The van der Waals surface area contributed by atoms with Crippen molar-refractivity contribution in [3.05, 3.63) is 69.9 Å². The Bertz CT molecular complexity index is 1050. The van der Waals surface area contributed by atoms with Crippen LogP contribution in [0.25, 0.3) is 11.4 Å². The van der Waals surface area contributed by atoms with Crippen LogP contribution in [0.4, 0.5) is 0 Å². The molecule has 3 aromatic rings. The first kappa shape index (κ1) is 19.1. The number of benzene rings is 1. The van der Waals surface area contributed by atoms with Crippen molar-refractivity contribution in [3.8, 4) is 22.9 Å². The molecule has 0 fully saturated rings. The summed E-state index contributed by atoms with van der Waals surface area (Å²) in [7, 11) is 1.65. The fraction of sp³-hybridized carbons (Fsp3) is 0.318. The highest BCUT2D eigenvalue weighted by molar-refractivity contribution is 5.53. The molecule has 0 aliphatic carbocycles. The van der Waals surface area contributed by atoms with Gasteiger partial charge in [0.1, 0.15) is 5.82 Å². The Kier molecular flexibility index (Phi) is 5.57. The average Bonchev–Trinajstić information content (AvgIpc) is 2.75. The van der Waals surface area contributed by atoms with Crippen molar-refractivity contribution in [2.24, 2.45) is 0 Å². The van der Waals surface area contributed by atoms with Gasteiger partial charge >= 0.3 is 0 Å². The van der Waals surface area contributed by atoms with E-state index in [1.165, 1.54) is 0 Å². The van der Waals surface area contributed by atoms with Crippen molar-refractivity contribution >= 4 is 0 Å². The molecule has 4 rings (SSSR count). The maximum atomic E-state index is 12.5. The van der Waals surface area contributed by atoms with Gasteiger partial charge in [0, 0.05) is 43.2 Å². The summed E-state index contributed by atoms with van der Waals surface area (Å²) in [6.45, 7) is 4.73. The van der Waals surface area contributed by atoms with Gasteiger partial charge in [-0.15, -0.1) is 0 Å². The highest BCUT2D eigenvalue weighted by Gasteiger charge is 2.22. The molecule has 1 aliphatic heterocycles. The average molecular weight is 392 g/mol. The predicted octanol–water partition coefficient (Wildman–Crippen LogP) is 2.80. The molecule has 0 amide bonds. The van der Waals surface area contributed by atoms with E-state index in [9.17, 15) is 4.79 Å². The number of fused-ring (bicyclic) bond motifs is 1. The van der Waals surface area contributed by atoms with Crippen molar-refractivity contribution in [1.29, 1.82) is 0 Å². The van der Waals surface area contributed by atoms with Gasteiger partial charge < -0.3 is 14.5 Å². The van der Waals surface area contributed by atoms with Crippen molar-refractivity contribution in [3.63, 3.8) is 0 Å². The third-order valence-electron chi connectivity index (χ3n) is 5.02. The molecule has 0 saturated carbocycles. The number of rotatable bonds is 6. The second kappa shape index (κ2) is 8.45. The molecule has 0 saturated heterocycles. The molecule has 29 heavy (non-hydrogen) atoms. The van der Waals surface area contributed by atoms with E-state index in [0.29, 0.717) is 25.4 Å². The van der Waals surface area contributed by atoms with Gasteiger partial charge in [-0.3, -0.25) is 14.7 Å². The van der Waals surface area contributed by atoms with Crippen LogP contribution in [0, 0.1) is 0 Å². The Morgan fingerprint density at radius 2 is 2.14 bits per heavy atom. The molecule has 7 nitrogen and oxygen atoms in total. The van der Waals surface area contributed by atoms with Crippen LogP contribution in [0.15, 0.2) is 47.5 Å². The van der Waals surface area contributed by atoms with Gasteiger partial charge in [-0.1, -0.05) is 6.07 Å². The number of pyridine rings is 1. The monoisotopic (exact) mass is 392 g/mol. The lowest BCUT2D eigenvalue weighted by atomic mass is 10.0. The predicted molar refractivity (Wildman–Crippen MR) is 110 cm³/mol. The van der Waals surface area contributed by atoms with Crippen LogP contribution >= 0.6 is 0 Å². The quantitative estimate of drug-likeness (QED) is 0.695. The van der Waals surface area contributed by atoms with Crippen LogP contribution < -0.4 is 15.0 Å². The number of hydrogen-bond acceptors (Lipinski definition) is 6. The van der Waals surface area contributed by atoms with Gasteiger partial charge in [-0.05, 0) is 43.2 Å². The second-order valence-corrected chi connectivity index (χ2v) is 6.96. The van der Waals surface area contributed by atoms with Crippen molar-refractivity contribution in [2.75, 3.05) is 20.3 Å². The van der Waals surface area contributed by atoms with Crippen molar-refractivity contribution < 1.29 is 9.47 Å². The van der Waals surface area contributed by atoms with E-state index in [-0.39, 0.29) is 5.56 Å². The van der Waals surface area contributed by atoms with E-state index in [2.05, 4.69) is 20.9 Å². The third-order valence-corrected chi connectivity index (χ3v) is 5.02. The van der Waals surface area contributed by atoms with Crippen LogP contribution in [0.5, 0.6) is 11.5 Å². The Hall–Kier alpha value is -3.19.